The van der Waals surface area contributed by atoms with Crippen molar-refractivity contribution in [1.82, 2.24) is 0 Å². The minimum Gasteiger partial charge on any atom is -0.545 e. The largest absolute Gasteiger partial charge is 0.545 e. The molecule has 0 bridgehead atoms. The van der Waals surface area contributed by atoms with Crippen molar-refractivity contribution in [3.8, 4) is 0 Å². The highest BCUT2D eigenvalue weighted by Crippen LogP contribution is 2.29. The van der Waals surface area contributed by atoms with Gasteiger partial charge in [-0.15, -0.1) is 0 Å². The molecule has 134 valence electrons. The van der Waals surface area contributed by atoms with Crippen LogP contribution in [0.4, 0.5) is 5.69 Å². The number of hydrogen-bond donors (Lipinski definition) is 1. The molecule has 1 amide bonds. The van der Waals surface area contributed by atoms with E-state index in [1.807, 2.05) is 26.0 Å². The van der Waals surface area contributed by atoms with E-state index in [-0.39, 0.29) is 23.5 Å². The van der Waals surface area contributed by atoms with E-state index in [1.165, 1.54) is 18.2 Å². The molecule has 0 aliphatic heterocycles. The number of allylic oxidation sites excluding steroid dienone is 2. The normalized spacial score (nSPS) is 20.6. The first-order valence-electron chi connectivity index (χ1n) is 8.40. The van der Waals surface area contributed by atoms with Gasteiger partial charge in [0.1, 0.15) is 0 Å². The van der Waals surface area contributed by atoms with Gasteiger partial charge in [-0.05, 0) is 43.9 Å². The van der Waals surface area contributed by atoms with Gasteiger partial charge in [-0.25, -0.2) is 0 Å². The number of hydrogen-bond acceptors (Lipinski definition) is 5. The molecular formula is C19H22NO5-. The van der Waals surface area contributed by atoms with Crippen LogP contribution in [0.1, 0.15) is 43.5 Å². The number of benzene rings is 1. The standard InChI is InChI=1S/C19H23NO5/c1-3-12(2)25-19(24)16-10-5-4-9-15(16)17(21)20-14-8-6-7-13(11-14)18(22)23/h4-8,11-12,15-16H,3,9-10H2,1-2H3,(H,20,21)(H,22,23)/p-1/t12-,15+,16-/m1/s1. The number of carboxylic acids is 1. The number of aromatic carboxylic acids is 1. The molecule has 0 fully saturated rings. The number of anilines is 1. The predicted molar refractivity (Wildman–Crippen MR) is 90.6 cm³/mol. The smallest absolute Gasteiger partial charge is 0.310 e. The fourth-order valence-electron chi connectivity index (χ4n) is 2.69. The molecule has 2 rings (SSSR count). The Bertz CT molecular complexity index is 682. The zero-order valence-electron chi connectivity index (χ0n) is 14.4. The third-order valence-corrected chi connectivity index (χ3v) is 4.33. The van der Waals surface area contributed by atoms with Crippen LogP contribution in [0.25, 0.3) is 0 Å². The molecule has 3 atom stereocenters. The van der Waals surface area contributed by atoms with Crippen molar-refractivity contribution in [2.45, 2.75) is 39.2 Å². The lowest BCUT2D eigenvalue weighted by Crippen LogP contribution is -2.36. The molecule has 1 aromatic rings. The number of esters is 1. The summed E-state index contributed by atoms with van der Waals surface area (Å²) >= 11 is 0. The van der Waals surface area contributed by atoms with Crippen molar-refractivity contribution in [2.24, 2.45) is 11.8 Å². The Morgan fingerprint density at radius 2 is 1.92 bits per heavy atom. The van der Waals surface area contributed by atoms with Crippen molar-refractivity contribution in [3.63, 3.8) is 0 Å². The quantitative estimate of drug-likeness (QED) is 0.628. The number of ether oxygens (including phenoxy) is 1. The summed E-state index contributed by atoms with van der Waals surface area (Å²) in [6, 6.07) is 5.84. The average molecular weight is 344 g/mol. The van der Waals surface area contributed by atoms with E-state index < -0.39 is 17.8 Å². The Kier molecular flexibility index (Phi) is 6.33. The fourth-order valence-corrected chi connectivity index (χ4v) is 2.69. The SMILES string of the molecule is CC[C@@H](C)OC(=O)[C@@H]1CC=CC[C@@H]1C(=O)Nc1cccc(C(=O)[O-])c1. The highest BCUT2D eigenvalue weighted by molar-refractivity contribution is 5.97. The molecule has 1 aromatic carbocycles. The van der Waals surface area contributed by atoms with Gasteiger partial charge in [0.2, 0.25) is 5.91 Å². The van der Waals surface area contributed by atoms with Gasteiger partial charge >= 0.3 is 5.97 Å². The van der Waals surface area contributed by atoms with Gasteiger partial charge in [0.15, 0.2) is 0 Å². The monoisotopic (exact) mass is 344 g/mol. The topological polar surface area (TPSA) is 95.5 Å². The van der Waals surface area contributed by atoms with E-state index in [0.29, 0.717) is 24.9 Å². The summed E-state index contributed by atoms with van der Waals surface area (Å²) in [6.07, 6.45) is 5.15. The van der Waals surface area contributed by atoms with E-state index in [1.54, 1.807) is 6.07 Å². The second-order valence-electron chi connectivity index (χ2n) is 6.17. The van der Waals surface area contributed by atoms with Crippen LogP contribution in [0.5, 0.6) is 0 Å². The van der Waals surface area contributed by atoms with Crippen LogP contribution in [-0.2, 0) is 14.3 Å². The van der Waals surface area contributed by atoms with Crippen LogP contribution in [0.2, 0.25) is 0 Å². The summed E-state index contributed by atoms with van der Waals surface area (Å²) in [5, 5.41) is 13.6. The van der Waals surface area contributed by atoms with Gasteiger partial charge in [-0.1, -0.05) is 31.2 Å². The van der Waals surface area contributed by atoms with Crippen molar-refractivity contribution in [1.29, 1.82) is 0 Å². The zero-order valence-corrected chi connectivity index (χ0v) is 14.4. The van der Waals surface area contributed by atoms with Crippen LogP contribution in [-0.4, -0.2) is 23.9 Å². The second-order valence-corrected chi connectivity index (χ2v) is 6.17. The number of amides is 1. The first kappa shape index (κ1) is 18.7. The lowest BCUT2D eigenvalue weighted by molar-refractivity contribution is -0.255. The summed E-state index contributed by atoms with van der Waals surface area (Å²) in [6.45, 7) is 3.74. The van der Waals surface area contributed by atoms with Gasteiger partial charge in [0.05, 0.1) is 23.9 Å². The molecule has 1 aliphatic rings. The van der Waals surface area contributed by atoms with Crippen LogP contribution < -0.4 is 10.4 Å². The van der Waals surface area contributed by atoms with Crippen molar-refractivity contribution in [3.05, 3.63) is 42.0 Å². The summed E-state index contributed by atoms with van der Waals surface area (Å²) in [5.41, 5.74) is 0.337. The van der Waals surface area contributed by atoms with E-state index >= 15 is 0 Å². The zero-order chi connectivity index (χ0) is 18.4. The lowest BCUT2D eigenvalue weighted by Gasteiger charge is -2.27. The maximum atomic E-state index is 12.6. The molecule has 0 aromatic heterocycles. The summed E-state index contributed by atoms with van der Waals surface area (Å²) in [4.78, 5) is 35.9. The third kappa shape index (κ3) is 4.92. The minimum absolute atomic E-state index is 0.0194. The van der Waals surface area contributed by atoms with Crippen LogP contribution in [0.15, 0.2) is 36.4 Å². The Morgan fingerprint density at radius 1 is 1.24 bits per heavy atom. The number of carbonyl (C=O) groups excluding carboxylic acids is 3. The molecule has 0 heterocycles. The Hall–Kier alpha value is -2.63. The first-order chi connectivity index (χ1) is 11.9. The van der Waals surface area contributed by atoms with E-state index in [0.717, 1.165) is 0 Å². The highest BCUT2D eigenvalue weighted by atomic mass is 16.5. The number of nitrogens with one attached hydrogen (secondary N) is 1. The minimum atomic E-state index is -1.31. The second kappa shape index (κ2) is 8.46. The van der Waals surface area contributed by atoms with Crippen LogP contribution in [0, 0.1) is 11.8 Å². The molecule has 1 N–H and O–H groups in total. The van der Waals surface area contributed by atoms with Gasteiger partial charge in [0.25, 0.3) is 0 Å². The molecule has 0 radical (unpaired) electrons. The molecule has 0 spiro atoms. The van der Waals surface area contributed by atoms with Gasteiger partial charge in [-0.3, -0.25) is 9.59 Å². The highest BCUT2D eigenvalue weighted by Gasteiger charge is 2.35. The molecule has 6 nitrogen and oxygen atoms in total. The summed E-state index contributed by atoms with van der Waals surface area (Å²) in [5.74, 6) is -3.10. The predicted octanol–water partition coefficient (Wildman–Crippen LogP) is 1.91. The molecule has 6 heteroatoms. The summed E-state index contributed by atoms with van der Waals surface area (Å²) < 4.78 is 5.38. The Morgan fingerprint density at radius 3 is 2.56 bits per heavy atom. The first-order valence-corrected chi connectivity index (χ1v) is 8.40. The third-order valence-electron chi connectivity index (χ3n) is 4.33. The summed E-state index contributed by atoms with van der Waals surface area (Å²) in [7, 11) is 0. The van der Waals surface area contributed by atoms with E-state index in [4.69, 9.17) is 4.74 Å². The number of carboxylic acid groups (broad SMARTS) is 1. The van der Waals surface area contributed by atoms with Crippen molar-refractivity contribution < 1.29 is 24.2 Å². The van der Waals surface area contributed by atoms with Gasteiger partial charge in [-0.2, -0.15) is 0 Å². The molecule has 0 unspecified atom stereocenters. The maximum Gasteiger partial charge on any atom is 0.310 e. The number of carbonyl (C=O) groups is 3. The maximum absolute atomic E-state index is 12.6. The van der Waals surface area contributed by atoms with Crippen molar-refractivity contribution >= 4 is 23.5 Å². The Labute approximate surface area is 146 Å². The van der Waals surface area contributed by atoms with Crippen LogP contribution >= 0.6 is 0 Å². The Balaban J connectivity index is 2.10. The van der Waals surface area contributed by atoms with E-state index in [9.17, 15) is 19.5 Å². The van der Waals surface area contributed by atoms with Gasteiger partial charge < -0.3 is 20.0 Å². The van der Waals surface area contributed by atoms with Crippen molar-refractivity contribution in [2.75, 3.05) is 5.32 Å². The van der Waals surface area contributed by atoms with Crippen LogP contribution in [0.3, 0.4) is 0 Å². The fraction of sp³-hybridized carbons (Fsp3) is 0.421. The molecular weight excluding hydrogens is 322 g/mol. The molecule has 0 saturated carbocycles. The van der Waals surface area contributed by atoms with E-state index in [2.05, 4.69) is 5.32 Å². The molecule has 1 aliphatic carbocycles. The average Bonchev–Trinajstić information content (AvgIpc) is 2.61. The lowest BCUT2D eigenvalue weighted by atomic mass is 9.82. The van der Waals surface area contributed by atoms with Gasteiger partial charge in [0, 0.05) is 5.69 Å². The molecule has 0 saturated heterocycles. The number of rotatable bonds is 6. The molecule has 25 heavy (non-hydrogen) atoms.